The molecule has 3 heterocycles. The van der Waals surface area contributed by atoms with Crippen molar-refractivity contribution in [1.29, 1.82) is 0 Å². The number of anilines is 1. The quantitative estimate of drug-likeness (QED) is 0.433. The molecule has 9 heteroatoms. The molecule has 0 saturated carbocycles. The molecule has 4 aromatic rings. The number of benzene rings is 2. The second-order valence-electron chi connectivity index (χ2n) is 8.58. The second-order valence-corrected chi connectivity index (χ2v) is 8.58. The van der Waals surface area contributed by atoms with Crippen molar-refractivity contribution in [3.05, 3.63) is 89.6 Å². The number of rotatable bonds is 5. The SMILES string of the molecule is O=C(Nc1cccc(CN2CCOCC2)n1)c1cccc2ccc(-c3cccc(C(F)(F)F)c3)[nH+]c12. The van der Waals surface area contributed by atoms with Crippen LogP contribution in [0.4, 0.5) is 19.0 Å². The lowest BCUT2D eigenvalue weighted by molar-refractivity contribution is -0.331. The van der Waals surface area contributed by atoms with E-state index in [1.807, 2.05) is 18.2 Å². The summed E-state index contributed by atoms with van der Waals surface area (Å²) in [5, 5.41) is 3.61. The number of nitrogens with one attached hydrogen (secondary N) is 2. The molecular weight excluding hydrogens is 469 g/mol. The Balaban J connectivity index is 1.41. The molecule has 1 amide bonds. The van der Waals surface area contributed by atoms with E-state index < -0.39 is 11.7 Å². The number of amides is 1. The normalized spacial score (nSPS) is 14.6. The average Bonchev–Trinajstić information content (AvgIpc) is 2.88. The Hall–Kier alpha value is -3.82. The van der Waals surface area contributed by atoms with Crippen molar-refractivity contribution in [2.75, 3.05) is 31.6 Å². The van der Waals surface area contributed by atoms with Crippen molar-refractivity contribution in [2.45, 2.75) is 12.7 Å². The van der Waals surface area contributed by atoms with Gasteiger partial charge in [0.25, 0.3) is 5.91 Å². The topological polar surface area (TPSA) is 68.6 Å². The van der Waals surface area contributed by atoms with E-state index in [9.17, 15) is 18.0 Å². The summed E-state index contributed by atoms with van der Waals surface area (Å²) >= 11 is 0. The van der Waals surface area contributed by atoms with Gasteiger partial charge in [0.05, 0.1) is 24.5 Å². The average molecular weight is 494 g/mol. The number of nitrogens with zero attached hydrogens (tertiary/aromatic N) is 2. The van der Waals surface area contributed by atoms with Crippen LogP contribution in [0, 0.1) is 0 Å². The fourth-order valence-electron chi connectivity index (χ4n) is 4.23. The first-order valence-electron chi connectivity index (χ1n) is 11.6. The molecule has 0 radical (unpaired) electrons. The number of aromatic amines is 1. The summed E-state index contributed by atoms with van der Waals surface area (Å²) in [5.74, 6) is 0.0610. The summed E-state index contributed by atoms with van der Waals surface area (Å²) in [6, 6.07) is 19.3. The largest absolute Gasteiger partial charge is 0.416 e. The Morgan fingerprint density at radius 1 is 1.00 bits per heavy atom. The summed E-state index contributed by atoms with van der Waals surface area (Å²) in [6.07, 6.45) is -4.44. The minimum absolute atomic E-state index is 0.363. The summed E-state index contributed by atoms with van der Waals surface area (Å²) in [4.78, 5) is 23.2. The Morgan fingerprint density at radius 2 is 1.78 bits per heavy atom. The van der Waals surface area contributed by atoms with Crippen LogP contribution in [0.5, 0.6) is 0 Å². The maximum atomic E-state index is 13.2. The van der Waals surface area contributed by atoms with E-state index >= 15 is 0 Å². The summed E-state index contributed by atoms with van der Waals surface area (Å²) in [5.41, 5.74) is 1.84. The lowest BCUT2D eigenvalue weighted by Gasteiger charge is -2.26. The Morgan fingerprint density at radius 3 is 2.58 bits per heavy atom. The molecule has 2 aromatic heterocycles. The Kier molecular flexibility index (Phi) is 6.67. The summed E-state index contributed by atoms with van der Waals surface area (Å²) < 4.78 is 45.0. The number of pyridine rings is 2. The van der Waals surface area contributed by atoms with Gasteiger partial charge in [0.2, 0.25) is 11.2 Å². The molecule has 1 aliphatic rings. The number of para-hydroxylation sites is 1. The van der Waals surface area contributed by atoms with Crippen LogP contribution < -0.4 is 10.3 Å². The van der Waals surface area contributed by atoms with E-state index in [2.05, 4.69) is 20.2 Å². The highest BCUT2D eigenvalue weighted by Crippen LogP contribution is 2.31. The summed E-state index contributed by atoms with van der Waals surface area (Å²) in [7, 11) is 0. The van der Waals surface area contributed by atoms with Crippen molar-refractivity contribution in [3.63, 3.8) is 0 Å². The predicted molar refractivity (Wildman–Crippen MR) is 129 cm³/mol. The molecular formula is C27H24F3N4O2+. The summed E-state index contributed by atoms with van der Waals surface area (Å²) in [6.45, 7) is 3.71. The maximum Gasteiger partial charge on any atom is 0.416 e. The number of morpholine rings is 1. The minimum atomic E-state index is -4.44. The maximum absolute atomic E-state index is 13.2. The zero-order chi connectivity index (χ0) is 25.1. The van der Waals surface area contributed by atoms with Crippen LogP contribution in [0.2, 0.25) is 0 Å². The van der Waals surface area contributed by atoms with Crippen LogP contribution in [0.3, 0.4) is 0 Å². The molecule has 6 nitrogen and oxygen atoms in total. The number of carbonyl (C=O) groups excluding carboxylic acids is 1. The van der Waals surface area contributed by atoms with Gasteiger partial charge >= 0.3 is 6.18 Å². The second kappa shape index (κ2) is 10.0. The highest BCUT2D eigenvalue weighted by molar-refractivity contribution is 6.10. The molecule has 1 fully saturated rings. The number of ether oxygens (including phenoxy) is 1. The Bertz CT molecular complexity index is 1400. The molecule has 0 aliphatic carbocycles. The molecule has 5 rings (SSSR count). The zero-order valence-corrected chi connectivity index (χ0v) is 19.3. The fraction of sp³-hybridized carbons (Fsp3) is 0.222. The third-order valence-electron chi connectivity index (χ3n) is 6.07. The van der Waals surface area contributed by atoms with Crippen LogP contribution in [0.1, 0.15) is 21.6 Å². The molecule has 36 heavy (non-hydrogen) atoms. The number of hydrogen-bond acceptors (Lipinski definition) is 4. The van der Waals surface area contributed by atoms with Crippen molar-refractivity contribution in [3.8, 4) is 11.3 Å². The number of fused-ring (bicyclic) bond motifs is 1. The zero-order valence-electron chi connectivity index (χ0n) is 19.3. The van der Waals surface area contributed by atoms with E-state index in [1.165, 1.54) is 6.07 Å². The number of alkyl halides is 3. The van der Waals surface area contributed by atoms with Crippen molar-refractivity contribution >= 4 is 22.6 Å². The molecule has 0 spiro atoms. The molecule has 1 aliphatic heterocycles. The van der Waals surface area contributed by atoms with Crippen molar-refractivity contribution in [2.24, 2.45) is 0 Å². The van der Waals surface area contributed by atoms with Crippen LogP contribution in [-0.2, 0) is 17.5 Å². The molecule has 0 bridgehead atoms. The first-order chi connectivity index (χ1) is 17.4. The molecule has 184 valence electrons. The number of aromatic nitrogens is 2. The third kappa shape index (κ3) is 5.37. The van der Waals surface area contributed by atoms with E-state index in [1.54, 1.807) is 36.4 Å². The van der Waals surface area contributed by atoms with Crippen LogP contribution in [0.15, 0.2) is 72.8 Å². The predicted octanol–water partition coefficient (Wildman–Crippen LogP) is 4.82. The lowest BCUT2D eigenvalue weighted by Crippen LogP contribution is -2.35. The van der Waals surface area contributed by atoms with Crippen LogP contribution in [0.25, 0.3) is 22.2 Å². The molecule has 0 unspecified atom stereocenters. The van der Waals surface area contributed by atoms with Gasteiger partial charge in [-0.05, 0) is 48.5 Å². The smallest absolute Gasteiger partial charge is 0.379 e. The lowest BCUT2D eigenvalue weighted by atomic mass is 10.0. The van der Waals surface area contributed by atoms with Gasteiger partial charge in [0.15, 0.2) is 0 Å². The highest BCUT2D eigenvalue weighted by atomic mass is 19.4. The molecule has 2 N–H and O–H groups in total. The Labute approximate surface area is 205 Å². The van der Waals surface area contributed by atoms with Crippen LogP contribution in [-0.4, -0.2) is 42.1 Å². The van der Waals surface area contributed by atoms with Gasteiger partial charge in [0, 0.05) is 36.7 Å². The van der Waals surface area contributed by atoms with Gasteiger partial charge in [-0.1, -0.05) is 18.2 Å². The highest BCUT2D eigenvalue weighted by Gasteiger charge is 2.31. The van der Waals surface area contributed by atoms with E-state index in [0.29, 0.717) is 47.9 Å². The van der Waals surface area contributed by atoms with Gasteiger partial charge in [0.1, 0.15) is 11.4 Å². The van der Waals surface area contributed by atoms with E-state index in [-0.39, 0.29) is 5.91 Å². The number of H-pyrrole nitrogens is 1. The van der Waals surface area contributed by atoms with Gasteiger partial charge in [-0.25, -0.2) is 9.97 Å². The minimum Gasteiger partial charge on any atom is -0.379 e. The number of hydrogen-bond donors (Lipinski definition) is 1. The molecule has 0 atom stereocenters. The van der Waals surface area contributed by atoms with Gasteiger partial charge in [-0.3, -0.25) is 9.69 Å². The van der Waals surface area contributed by atoms with Gasteiger partial charge in [-0.15, -0.1) is 0 Å². The third-order valence-corrected chi connectivity index (χ3v) is 6.07. The van der Waals surface area contributed by atoms with Crippen molar-refractivity contribution in [1.82, 2.24) is 9.88 Å². The standard InChI is InChI=1S/C27H23F3N4O2/c28-27(29,30)20-6-1-5-19(16-20)23-11-10-18-4-2-8-22(25(18)32-23)26(35)33-24-9-3-7-21(31-24)17-34-12-14-36-15-13-34/h1-11,16H,12-15,17H2,(H,31,33,35)/p+1. The first kappa shape index (κ1) is 23.9. The monoisotopic (exact) mass is 493 g/mol. The van der Waals surface area contributed by atoms with Gasteiger partial charge < -0.3 is 10.1 Å². The first-order valence-corrected chi connectivity index (χ1v) is 11.6. The van der Waals surface area contributed by atoms with Crippen molar-refractivity contribution < 1.29 is 27.7 Å². The molecule has 2 aromatic carbocycles. The fourth-order valence-corrected chi connectivity index (χ4v) is 4.23. The van der Waals surface area contributed by atoms with Crippen LogP contribution >= 0.6 is 0 Å². The van der Waals surface area contributed by atoms with Gasteiger partial charge in [-0.2, -0.15) is 13.2 Å². The van der Waals surface area contributed by atoms with E-state index in [4.69, 9.17) is 4.74 Å². The van der Waals surface area contributed by atoms with E-state index in [0.717, 1.165) is 36.3 Å². The number of halogens is 3. The molecule has 1 saturated heterocycles. The number of carbonyl (C=O) groups is 1.